The molecule has 0 unspecified atom stereocenters. The number of carbonyl (C=O) groups is 1. The van der Waals surface area contributed by atoms with E-state index in [1.54, 1.807) is 24.4 Å². The Morgan fingerprint density at radius 1 is 1.07 bits per heavy atom. The number of aromatic nitrogens is 1. The van der Waals surface area contributed by atoms with E-state index < -0.39 is 15.9 Å². The molecule has 0 atom stereocenters. The minimum atomic E-state index is -3.83. The van der Waals surface area contributed by atoms with E-state index in [0.29, 0.717) is 5.69 Å². The molecule has 144 valence electrons. The van der Waals surface area contributed by atoms with E-state index in [9.17, 15) is 13.2 Å². The maximum absolute atomic E-state index is 12.7. The molecule has 2 aromatic carbocycles. The molecule has 1 amide bonds. The lowest BCUT2D eigenvalue weighted by molar-refractivity contribution is 0.0955. The molecule has 0 fully saturated rings. The Morgan fingerprint density at radius 3 is 2.61 bits per heavy atom. The zero-order valence-corrected chi connectivity index (χ0v) is 16.2. The van der Waals surface area contributed by atoms with Crippen LogP contribution in [0.15, 0.2) is 70.8 Å². The van der Waals surface area contributed by atoms with Gasteiger partial charge in [0.2, 0.25) is 0 Å². The molecule has 0 saturated heterocycles. The van der Waals surface area contributed by atoms with Crippen LogP contribution in [0.5, 0.6) is 0 Å². The number of nitrogens with zero attached hydrogens (tertiary/aromatic N) is 1. The van der Waals surface area contributed by atoms with E-state index in [1.165, 1.54) is 30.5 Å². The lowest BCUT2D eigenvalue weighted by Gasteiger charge is -2.12. The average Bonchev–Trinajstić information content (AvgIpc) is 3.17. The number of benzene rings is 2. The van der Waals surface area contributed by atoms with Crippen molar-refractivity contribution in [2.45, 2.75) is 18.7 Å². The van der Waals surface area contributed by atoms with Gasteiger partial charge in [0, 0.05) is 11.8 Å². The van der Waals surface area contributed by atoms with Crippen LogP contribution in [0.2, 0.25) is 0 Å². The third-order valence-electron chi connectivity index (χ3n) is 4.02. The van der Waals surface area contributed by atoms with Crippen molar-refractivity contribution >= 4 is 27.8 Å². The highest BCUT2D eigenvalue weighted by molar-refractivity contribution is 7.92. The highest BCUT2D eigenvalue weighted by atomic mass is 32.2. The van der Waals surface area contributed by atoms with Gasteiger partial charge in [-0.15, -0.1) is 0 Å². The van der Waals surface area contributed by atoms with Crippen molar-refractivity contribution in [2.75, 3.05) is 4.72 Å². The molecule has 1 heterocycles. The molecule has 0 aliphatic carbocycles. The van der Waals surface area contributed by atoms with Gasteiger partial charge in [-0.2, -0.15) is 5.10 Å². The maximum atomic E-state index is 12.7. The van der Waals surface area contributed by atoms with E-state index in [2.05, 4.69) is 20.2 Å². The van der Waals surface area contributed by atoms with Crippen molar-refractivity contribution < 1.29 is 13.2 Å². The molecule has 28 heavy (non-hydrogen) atoms. The fourth-order valence-corrected chi connectivity index (χ4v) is 3.76. The molecule has 0 spiro atoms. The first kappa shape index (κ1) is 19.4. The van der Waals surface area contributed by atoms with E-state index in [-0.39, 0.29) is 10.5 Å². The number of nitrogens with one attached hydrogen (secondary N) is 3. The largest absolute Gasteiger partial charge is 0.360 e. The van der Waals surface area contributed by atoms with E-state index >= 15 is 0 Å². The number of hydrogen-bond acceptors (Lipinski definition) is 4. The van der Waals surface area contributed by atoms with Gasteiger partial charge >= 0.3 is 0 Å². The van der Waals surface area contributed by atoms with Crippen LogP contribution in [0.3, 0.4) is 0 Å². The minimum absolute atomic E-state index is 0.00604. The average molecular weight is 396 g/mol. The number of aryl methyl sites for hydroxylation is 2. The lowest BCUT2D eigenvalue weighted by atomic mass is 10.1. The molecule has 0 saturated carbocycles. The Hall–Kier alpha value is -3.39. The summed E-state index contributed by atoms with van der Waals surface area (Å²) in [5.41, 5.74) is 5.65. The van der Waals surface area contributed by atoms with Crippen LogP contribution in [0.1, 0.15) is 27.2 Å². The fraction of sp³-hybridized carbons (Fsp3) is 0.100. The Labute approximate surface area is 163 Å². The summed E-state index contributed by atoms with van der Waals surface area (Å²) in [6, 6.07) is 14.8. The van der Waals surface area contributed by atoms with Crippen molar-refractivity contribution in [3.63, 3.8) is 0 Å². The molecule has 0 radical (unpaired) electrons. The molecule has 3 aromatic rings. The molecule has 0 aliphatic heterocycles. The monoisotopic (exact) mass is 396 g/mol. The third kappa shape index (κ3) is 4.66. The number of H-pyrrole nitrogens is 1. The number of anilines is 1. The Kier molecular flexibility index (Phi) is 5.60. The van der Waals surface area contributed by atoms with Crippen LogP contribution in [-0.4, -0.2) is 25.5 Å². The zero-order chi connectivity index (χ0) is 20.1. The van der Waals surface area contributed by atoms with Crippen molar-refractivity contribution in [1.29, 1.82) is 0 Å². The van der Waals surface area contributed by atoms with Gasteiger partial charge in [-0.1, -0.05) is 23.8 Å². The fourth-order valence-electron chi connectivity index (χ4n) is 2.59. The number of sulfonamides is 1. The second kappa shape index (κ2) is 8.10. The summed E-state index contributed by atoms with van der Waals surface area (Å²) in [5.74, 6) is -0.508. The van der Waals surface area contributed by atoms with Crippen LogP contribution in [0.4, 0.5) is 5.69 Å². The molecule has 7 nitrogen and oxygen atoms in total. The first-order valence-electron chi connectivity index (χ1n) is 8.52. The van der Waals surface area contributed by atoms with Gasteiger partial charge in [0.05, 0.1) is 22.5 Å². The molecule has 1 aromatic heterocycles. The standard InChI is InChI=1S/C20H20N4O3S/c1-14-8-9-19(15(2)11-14)24-28(26,27)18-7-3-5-16(12-18)20(25)23-22-13-17-6-4-10-21-17/h3-13,21,24H,1-2H3,(H,23,25). The van der Waals surface area contributed by atoms with Crippen LogP contribution >= 0.6 is 0 Å². The first-order valence-corrected chi connectivity index (χ1v) is 10.0. The van der Waals surface area contributed by atoms with Gasteiger partial charge in [-0.3, -0.25) is 9.52 Å². The maximum Gasteiger partial charge on any atom is 0.271 e. The normalized spacial score (nSPS) is 11.5. The highest BCUT2D eigenvalue weighted by Crippen LogP contribution is 2.21. The van der Waals surface area contributed by atoms with Crippen molar-refractivity contribution in [2.24, 2.45) is 5.10 Å². The van der Waals surface area contributed by atoms with Gasteiger partial charge in [-0.25, -0.2) is 13.8 Å². The summed E-state index contributed by atoms with van der Waals surface area (Å²) in [7, 11) is -3.83. The first-order chi connectivity index (χ1) is 13.3. The van der Waals surface area contributed by atoms with E-state index in [1.807, 2.05) is 26.0 Å². The van der Waals surface area contributed by atoms with Crippen molar-refractivity contribution in [3.8, 4) is 0 Å². The molecule has 0 aliphatic rings. The topological polar surface area (TPSA) is 103 Å². The van der Waals surface area contributed by atoms with Crippen LogP contribution in [-0.2, 0) is 10.0 Å². The number of aromatic amines is 1. The zero-order valence-electron chi connectivity index (χ0n) is 15.4. The number of hydrazone groups is 1. The Balaban J connectivity index is 1.76. The summed E-state index contributed by atoms with van der Waals surface area (Å²) in [4.78, 5) is 15.2. The predicted octanol–water partition coefficient (Wildman–Crippen LogP) is 3.20. The van der Waals surface area contributed by atoms with Crippen LogP contribution in [0, 0.1) is 13.8 Å². The predicted molar refractivity (Wildman–Crippen MR) is 109 cm³/mol. The molecular weight excluding hydrogens is 376 g/mol. The molecule has 3 N–H and O–H groups in total. The molecule has 3 rings (SSSR count). The van der Waals surface area contributed by atoms with Gasteiger partial charge in [0.1, 0.15) is 0 Å². The minimum Gasteiger partial charge on any atom is -0.360 e. The molecular formula is C20H20N4O3S. The van der Waals surface area contributed by atoms with E-state index in [0.717, 1.165) is 16.8 Å². The summed E-state index contributed by atoms with van der Waals surface area (Å²) in [6.07, 6.45) is 3.19. The van der Waals surface area contributed by atoms with E-state index in [4.69, 9.17) is 0 Å². The number of hydrogen-bond donors (Lipinski definition) is 3. The number of amides is 1. The van der Waals surface area contributed by atoms with Gasteiger partial charge in [0.15, 0.2) is 0 Å². The summed E-state index contributed by atoms with van der Waals surface area (Å²) < 4.78 is 28.0. The Morgan fingerprint density at radius 2 is 1.89 bits per heavy atom. The quantitative estimate of drug-likeness (QED) is 0.440. The van der Waals surface area contributed by atoms with Crippen molar-refractivity contribution in [3.05, 3.63) is 83.2 Å². The SMILES string of the molecule is Cc1ccc(NS(=O)(=O)c2cccc(C(=O)NN=Cc3ccc[nH]3)c2)c(C)c1. The molecule has 8 heteroatoms. The summed E-state index contributed by atoms with van der Waals surface area (Å²) in [6.45, 7) is 3.77. The second-order valence-corrected chi connectivity index (χ2v) is 7.96. The second-order valence-electron chi connectivity index (χ2n) is 6.28. The lowest BCUT2D eigenvalue weighted by Crippen LogP contribution is -2.19. The summed E-state index contributed by atoms with van der Waals surface area (Å²) in [5, 5.41) is 3.85. The van der Waals surface area contributed by atoms with Crippen LogP contribution in [0.25, 0.3) is 0 Å². The van der Waals surface area contributed by atoms with Gasteiger partial charge < -0.3 is 4.98 Å². The van der Waals surface area contributed by atoms with Crippen molar-refractivity contribution in [1.82, 2.24) is 10.4 Å². The number of carbonyl (C=O) groups excluding carboxylic acids is 1. The highest BCUT2D eigenvalue weighted by Gasteiger charge is 2.17. The summed E-state index contributed by atoms with van der Waals surface area (Å²) >= 11 is 0. The Bertz CT molecular complexity index is 1120. The van der Waals surface area contributed by atoms with Gasteiger partial charge in [0.25, 0.3) is 15.9 Å². The van der Waals surface area contributed by atoms with Gasteiger partial charge in [-0.05, 0) is 55.8 Å². The van der Waals surface area contributed by atoms with Crippen LogP contribution < -0.4 is 10.1 Å². The molecule has 0 bridgehead atoms. The smallest absolute Gasteiger partial charge is 0.271 e. The number of rotatable bonds is 6. The third-order valence-corrected chi connectivity index (χ3v) is 5.39.